The van der Waals surface area contributed by atoms with E-state index in [1.807, 2.05) is 19.1 Å². The van der Waals surface area contributed by atoms with Crippen LogP contribution in [0.1, 0.15) is 52.9 Å². The van der Waals surface area contributed by atoms with Gasteiger partial charge in [0, 0.05) is 12.8 Å². The van der Waals surface area contributed by atoms with Gasteiger partial charge in [-0.05, 0) is 38.0 Å². The third kappa shape index (κ3) is 4.79. The summed E-state index contributed by atoms with van der Waals surface area (Å²) in [5.74, 6) is 0.626. The SMILES string of the molecule is C=CC[C@H]1O[C@]2(CC[C@H](C)[C@H](/C=C/C(C)=C/CO)O2)CC[C@@H]1C. The highest BCUT2D eigenvalue weighted by atomic mass is 16.7. The first-order valence-electron chi connectivity index (χ1n) is 8.92. The Balaban J connectivity index is 2.06. The summed E-state index contributed by atoms with van der Waals surface area (Å²) in [5.41, 5.74) is 1.06. The molecule has 3 heteroatoms. The molecule has 1 spiro atoms. The number of hydrogen-bond acceptors (Lipinski definition) is 3. The summed E-state index contributed by atoms with van der Waals surface area (Å²) in [4.78, 5) is 0. The van der Waals surface area contributed by atoms with E-state index in [4.69, 9.17) is 14.6 Å². The van der Waals surface area contributed by atoms with Gasteiger partial charge < -0.3 is 14.6 Å². The maximum Gasteiger partial charge on any atom is 0.169 e. The number of ether oxygens (including phenoxy) is 2. The monoisotopic (exact) mass is 320 g/mol. The Morgan fingerprint density at radius 1 is 1.22 bits per heavy atom. The van der Waals surface area contributed by atoms with Gasteiger partial charge in [-0.3, -0.25) is 0 Å². The van der Waals surface area contributed by atoms with Crippen molar-refractivity contribution in [2.75, 3.05) is 6.61 Å². The Hall–Kier alpha value is -0.900. The topological polar surface area (TPSA) is 38.7 Å². The largest absolute Gasteiger partial charge is 0.392 e. The predicted octanol–water partition coefficient (Wildman–Crippen LogP) is 4.38. The molecule has 0 aromatic carbocycles. The molecule has 2 fully saturated rings. The van der Waals surface area contributed by atoms with Crippen LogP contribution in [0.4, 0.5) is 0 Å². The van der Waals surface area contributed by atoms with Crippen molar-refractivity contribution < 1.29 is 14.6 Å². The molecule has 2 rings (SSSR count). The third-order valence-electron chi connectivity index (χ3n) is 5.23. The van der Waals surface area contributed by atoms with Crippen molar-refractivity contribution in [3.8, 4) is 0 Å². The van der Waals surface area contributed by atoms with Crippen molar-refractivity contribution >= 4 is 0 Å². The fraction of sp³-hybridized carbons (Fsp3) is 0.700. The summed E-state index contributed by atoms with van der Waals surface area (Å²) < 4.78 is 12.9. The molecule has 2 aliphatic heterocycles. The van der Waals surface area contributed by atoms with E-state index in [9.17, 15) is 0 Å². The maximum absolute atomic E-state index is 8.96. The lowest BCUT2D eigenvalue weighted by Gasteiger charge is -2.49. The van der Waals surface area contributed by atoms with E-state index in [2.05, 4.69) is 26.5 Å². The average molecular weight is 320 g/mol. The number of allylic oxidation sites excluding steroid dienone is 2. The van der Waals surface area contributed by atoms with Crippen molar-refractivity contribution in [2.24, 2.45) is 11.8 Å². The zero-order valence-corrected chi connectivity index (χ0v) is 14.8. The van der Waals surface area contributed by atoms with Crippen LogP contribution >= 0.6 is 0 Å². The molecular formula is C20H32O3. The number of rotatable bonds is 5. The minimum absolute atomic E-state index is 0.0728. The maximum atomic E-state index is 8.96. The van der Waals surface area contributed by atoms with Gasteiger partial charge in [0.2, 0.25) is 0 Å². The molecule has 130 valence electrons. The molecule has 0 unspecified atom stereocenters. The van der Waals surface area contributed by atoms with Gasteiger partial charge in [-0.25, -0.2) is 0 Å². The summed E-state index contributed by atoms with van der Waals surface area (Å²) in [7, 11) is 0. The smallest absolute Gasteiger partial charge is 0.169 e. The molecule has 0 saturated carbocycles. The molecule has 23 heavy (non-hydrogen) atoms. The van der Waals surface area contributed by atoms with Crippen molar-refractivity contribution in [2.45, 2.75) is 70.9 Å². The molecule has 0 aromatic rings. The molecule has 0 amide bonds. The Kier molecular flexibility index (Phi) is 6.63. The lowest BCUT2D eigenvalue weighted by Crippen LogP contribution is -2.51. The first-order valence-corrected chi connectivity index (χ1v) is 8.92. The molecule has 0 aromatic heterocycles. The van der Waals surface area contributed by atoms with Gasteiger partial charge in [0.15, 0.2) is 5.79 Å². The summed E-state index contributed by atoms with van der Waals surface area (Å²) in [6, 6.07) is 0. The molecule has 0 radical (unpaired) electrons. The molecule has 0 bridgehead atoms. The van der Waals surface area contributed by atoms with Gasteiger partial charge in [-0.1, -0.05) is 43.7 Å². The highest BCUT2D eigenvalue weighted by Crippen LogP contribution is 2.43. The van der Waals surface area contributed by atoms with E-state index in [1.165, 1.54) is 0 Å². The minimum atomic E-state index is -0.420. The molecule has 2 saturated heterocycles. The second-order valence-electron chi connectivity index (χ2n) is 7.20. The molecule has 2 aliphatic rings. The molecule has 5 atom stereocenters. The highest BCUT2D eigenvalue weighted by molar-refractivity contribution is 5.17. The van der Waals surface area contributed by atoms with Crippen LogP contribution in [-0.4, -0.2) is 29.7 Å². The van der Waals surface area contributed by atoms with Crippen LogP contribution in [0.3, 0.4) is 0 Å². The predicted molar refractivity (Wildman–Crippen MR) is 94.1 cm³/mol. The van der Waals surface area contributed by atoms with Gasteiger partial charge >= 0.3 is 0 Å². The van der Waals surface area contributed by atoms with Crippen LogP contribution < -0.4 is 0 Å². The standard InChI is InChI=1S/C20H32O3/c1-5-6-18-16(3)9-12-20(22-18)13-10-17(4)19(23-20)8-7-15(2)11-14-21/h5,7-8,11,16-19,21H,1,6,9-10,12-14H2,2-4H3/b8-7+,15-11+/t16-,17-,18+,19-,20+/m0/s1. The number of aliphatic hydroxyl groups excluding tert-OH is 1. The average Bonchev–Trinajstić information content (AvgIpc) is 2.53. The fourth-order valence-corrected chi connectivity index (χ4v) is 3.52. The summed E-state index contributed by atoms with van der Waals surface area (Å²) in [5, 5.41) is 8.96. The van der Waals surface area contributed by atoms with Crippen LogP contribution in [0.15, 0.2) is 36.5 Å². The van der Waals surface area contributed by atoms with E-state index in [0.29, 0.717) is 11.8 Å². The zero-order chi connectivity index (χ0) is 16.9. The van der Waals surface area contributed by atoms with E-state index in [-0.39, 0.29) is 18.8 Å². The molecule has 1 N–H and O–H groups in total. The Labute approximate surface area is 141 Å². The second kappa shape index (κ2) is 8.27. The van der Waals surface area contributed by atoms with Gasteiger partial charge in [0.1, 0.15) is 0 Å². The minimum Gasteiger partial charge on any atom is -0.392 e. The lowest BCUT2D eigenvalue weighted by atomic mass is 9.83. The van der Waals surface area contributed by atoms with Crippen molar-refractivity contribution in [3.05, 3.63) is 36.5 Å². The van der Waals surface area contributed by atoms with Crippen LogP contribution in [0.2, 0.25) is 0 Å². The van der Waals surface area contributed by atoms with Crippen LogP contribution in [0, 0.1) is 11.8 Å². The van der Waals surface area contributed by atoms with Gasteiger partial charge in [-0.2, -0.15) is 0 Å². The van der Waals surface area contributed by atoms with Crippen LogP contribution in [0.25, 0.3) is 0 Å². The first kappa shape index (κ1) is 18.4. The van der Waals surface area contributed by atoms with Gasteiger partial charge in [0.25, 0.3) is 0 Å². The molecular weight excluding hydrogens is 288 g/mol. The van der Waals surface area contributed by atoms with Crippen molar-refractivity contribution in [3.63, 3.8) is 0 Å². The summed E-state index contributed by atoms with van der Waals surface area (Å²) >= 11 is 0. The van der Waals surface area contributed by atoms with E-state index < -0.39 is 5.79 Å². The first-order chi connectivity index (χ1) is 11.0. The fourth-order valence-electron chi connectivity index (χ4n) is 3.52. The Morgan fingerprint density at radius 2 is 1.91 bits per heavy atom. The zero-order valence-electron chi connectivity index (χ0n) is 14.8. The second-order valence-corrected chi connectivity index (χ2v) is 7.20. The Bertz CT molecular complexity index is 450. The highest BCUT2D eigenvalue weighted by Gasteiger charge is 2.45. The van der Waals surface area contributed by atoms with Gasteiger partial charge in [0.05, 0.1) is 18.8 Å². The van der Waals surface area contributed by atoms with E-state index in [1.54, 1.807) is 6.08 Å². The van der Waals surface area contributed by atoms with Crippen LogP contribution in [0.5, 0.6) is 0 Å². The van der Waals surface area contributed by atoms with Crippen molar-refractivity contribution in [1.82, 2.24) is 0 Å². The number of aliphatic hydroxyl groups is 1. The molecule has 3 nitrogen and oxygen atoms in total. The van der Waals surface area contributed by atoms with Crippen molar-refractivity contribution in [1.29, 1.82) is 0 Å². The van der Waals surface area contributed by atoms with Gasteiger partial charge in [-0.15, -0.1) is 6.58 Å². The number of hydrogen-bond donors (Lipinski definition) is 1. The molecule has 0 aliphatic carbocycles. The lowest BCUT2D eigenvalue weighted by molar-refractivity contribution is -0.323. The normalized spacial score (nSPS) is 39.0. The van der Waals surface area contributed by atoms with E-state index >= 15 is 0 Å². The van der Waals surface area contributed by atoms with Crippen LogP contribution in [-0.2, 0) is 9.47 Å². The third-order valence-corrected chi connectivity index (χ3v) is 5.23. The Morgan fingerprint density at radius 3 is 2.57 bits per heavy atom. The summed E-state index contributed by atoms with van der Waals surface area (Å²) in [6.07, 6.45) is 13.3. The van der Waals surface area contributed by atoms with E-state index in [0.717, 1.165) is 37.7 Å². The molecule has 2 heterocycles. The summed E-state index contributed by atoms with van der Waals surface area (Å²) in [6.45, 7) is 10.4. The quantitative estimate of drug-likeness (QED) is 0.603.